The zero-order valence-corrected chi connectivity index (χ0v) is 9.92. The van der Waals surface area contributed by atoms with Crippen molar-refractivity contribution in [3.8, 4) is 17.2 Å². The monoisotopic (exact) mass is 254 g/mol. The van der Waals surface area contributed by atoms with Crippen LogP contribution in [0.25, 0.3) is 16.7 Å². The van der Waals surface area contributed by atoms with Gasteiger partial charge in [-0.2, -0.15) is 0 Å². The Hall–Kier alpha value is -2.69. The molecule has 0 fully saturated rings. The molecule has 5 heteroatoms. The van der Waals surface area contributed by atoms with Crippen LogP contribution in [0.5, 0.6) is 11.5 Å². The largest absolute Gasteiger partial charge is 0.454 e. The molecule has 0 bridgehead atoms. The number of nitrogens with zero attached hydrogens (tertiary/aromatic N) is 1. The summed E-state index contributed by atoms with van der Waals surface area (Å²) in [5, 5.41) is 0. The van der Waals surface area contributed by atoms with E-state index in [1.807, 2.05) is 42.5 Å². The highest BCUT2D eigenvalue weighted by atomic mass is 16.7. The number of fused-ring (bicyclic) bond motifs is 2. The molecule has 1 aromatic heterocycles. The van der Waals surface area contributed by atoms with Crippen LogP contribution in [0, 0.1) is 0 Å². The van der Waals surface area contributed by atoms with E-state index in [-0.39, 0.29) is 12.5 Å². The molecule has 1 aliphatic rings. The van der Waals surface area contributed by atoms with Crippen molar-refractivity contribution in [2.45, 2.75) is 0 Å². The highest BCUT2D eigenvalue weighted by molar-refractivity contribution is 5.77. The number of benzene rings is 2. The molecule has 0 spiro atoms. The molecule has 0 radical (unpaired) electrons. The van der Waals surface area contributed by atoms with Gasteiger partial charge in [0.25, 0.3) is 0 Å². The lowest BCUT2D eigenvalue weighted by atomic mass is 10.2. The van der Waals surface area contributed by atoms with Crippen LogP contribution in [-0.4, -0.2) is 16.3 Å². The fourth-order valence-corrected chi connectivity index (χ4v) is 2.34. The number of hydrogen-bond acceptors (Lipinski definition) is 3. The second-order valence-corrected chi connectivity index (χ2v) is 4.32. The van der Waals surface area contributed by atoms with E-state index < -0.39 is 0 Å². The van der Waals surface area contributed by atoms with Crippen LogP contribution in [0.3, 0.4) is 0 Å². The molecule has 0 atom stereocenters. The highest BCUT2D eigenvalue weighted by Crippen LogP contribution is 2.33. The molecule has 94 valence electrons. The van der Waals surface area contributed by atoms with Crippen molar-refractivity contribution in [1.29, 1.82) is 0 Å². The second kappa shape index (κ2) is 3.65. The predicted molar refractivity (Wildman–Crippen MR) is 70.0 cm³/mol. The lowest BCUT2D eigenvalue weighted by Crippen LogP contribution is -2.14. The SMILES string of the molecule is O=c1[nH]c2ccccc2n1-c1ccc2c(c1)OCO2. The maximum Gasteiger partial charge on any atom is 0.331 e. The Kier molecular flexibility index (Phi) is 1.97. The number of hydrogen-bond donors (Lipinski definition) is 1. The zero-order valence-electron chi connectivity index (χ0n) is 9.92. The van der Waals surface area contributed by atoms with Gasteiger partial charge in [0.05, 0.1) is 16.7 Å². The Bertz CT molecular complexity index is 832. The van der Waals surface area contributed by atoms with Gasteiger partial charge in [0, 0.05) is 6.07 Å². The first-order valence-electron chi connectivity index (χ1n) is 5.93. The average Bonchev–Trinajstić information content (AvgIpc) is 3.00. The summed E-state index contributed by atoms with van der Waals surface area (Å²) < 4.78 is 12.2. The quantitative estimate of drug-likeness (QED) is 0.723. The zero-order chi connectivity index (χ0) is 12.8. The normalized spacial score (nSPS) is 13.1. The van der Waals surface area contributed by atoms with Crippen LogP contribution < -0.4 is 15.2 Å². The van der Waals surface area contributed by atoms with Gasteiger partial charge in [0.1, 0.15) is 0 Å². The summed E-state index contributed by atoms with van der Waals surface area (Å²) in [6.45, 7) is 0.224. The molecule has 1 N–H and O–H groups in total. The lowest BCUT2D eigenvalue weighted by Gasteiger charge is -2.04. The van der Waals surface area contributed by atoms with Gasteiger partial charge in [-0.1, -0.05) is 12.1 Å². The minimum atomic E-state index is -0.167. The number of aromatic amines is 1. The lowest BCUT2D eigenvalue weighted by molar-refractivity contribution is 0.174. The van der Waals surface area contributed by atoms with E-state index in [0.29, 0.717) is 11.5 Å². The number of H-pyrrole nitrogens is 1. The fraction of sp³-hybridized carbons (Fsp3) is 0.0714. The number of imidazole rings is 1. The van der Waals surface area contributed by atoms with Gasteiger partial charge >= 0.3 is 5.69 Å². The van der Waals surface area contributed by atoms with Crippen molar-refractivity contribution in [2.75, 3.05) is 6.79 Å². The first-order chi connectivity index (χ1) is 9.33. The Labute approximate surface area is 108 Å². The van der Waals surface area contributed by atoms with E-state index in [4.69, 9.17) is 9.47 Å². The molecular weight excluding hydrogens is 244 g/mol. The van der Waals surface area contributed by atoms with Gasteiger partial charge in [0.2, 0.25) is 6.79 Å². The molecule has 0 saturated carbocycles. The van der Waals surface area contributed by atoms with E-state index in [1.54, 1.807) is 4.57 Å². The molecular formula is C14H10N2O3. The van der Waals surface area contributed by atoms with Crippen molar-refractivity contribution in [1.82, 2.24) is 9.55 Å². The Morgan fingerprint density at radius 2 is 1.89 bits per heavy atom. The van der Waals surface area contributed by atoms with Crippen molar-refractivity contribution in [3.63, 3.8) is 0 Å². The van der Waals surface area contributed by atoms with E-state index in [9.17, 15) is 4.79 Å². The molecule has 0 aliphatic carbocycles. The molecule has 3 aromatic rings. The van der Waals surface area contributed by atoms with Crippen LogP contribution in [0.4, 0.5) is 0 Å². The first-order valence-corrected chi connectivity index (χ1v) is 5.93. The summed E-state index contributed by atoms with van der Waals surface area (Å²) in [5.74, 6) is 1.37. The fourth-order valence-electron chi connectivity index (χ4n) is 2.34. The van der Waals surface area contributed by atoms with Crippen molar-refractivity contribution in [3.05, 3.63) is 52.9 Å². The first kappa shape index (κ1) is 10.3. The third-order valence-electron chi connectivity index (χ3n) is 3.20. The summed E-state index contributed by atoms with van der Waals surface area (Å²) in [5.41, 5.74) is 2.24. The predicted octanol–water partition coefficient (Wildman–Crippen LogP) is 2.05. The molecule has 2 heterocycles. The molecule has 0 amide bonds. The number of ether oxygens (including phenoxy) is 2. The van der Waals surface area contributed by atoms with Crippen LogP contribution in [0.2, 0.25) is 0 Å². The van der Waals surface area contributed by atoms with Crippen molar-refractivity contribution >= 4 is 11.0 Å². The summed E-state index contributed by atoms with van der Waals surface area (Å²) >= 11 is 0. The number of para-hydroxylation sites is 2. The van der Waals surface area contributed by atoms with Gasteiger partial charge < -0.3 is 14.5 Å². The maximum atomic E-state index is 12.1. The third kappa shape index (κ3) is 1.45. The molecule has 19 heavy (non-hydrogen) atoms. The Morgan fingerprint density at radius 1 is 1.05 bits per heavy atom. The van der Waals surface area contributed by atoms with Gasteiger partial charge in [0.15, 0.2) is 11.5 Å². The minimum absolute atomic E-state index is 0.167. The molecule has 2 aromatic carbocycles. The maximum absolute atomic E-state index is 12.1. The van der Waals surface area contributed by atoms with Gasteiger partial charge in [-0.05, 0) is 24.3 Å². The van der Waals surface area contributed by atoms with Crippen LogP contribution >= 0.6 is 0 Å². The second-order valence-electron chi connectivity index (χ2n) is 4.32. The van der Waals surface area contributed by atoms with E-state index in [0.717, 1.165) is 16.7 Å². The Balaban J connectivity index is 2.00. The van der Waals surface area contributed by atoms with Crippen LogP contribution in [-0.2, 0) is 0 Å². The van der Waals surface area contributed by atoms with Crippen molar-refractivity contribution < 1.29 is 9.47 Å². The van der Waals surface area contributed by atoms with E-state index in [1.165, 1.54) is 0 Å². The van der Waals surface area contributed by atoms with Crippen LogP contribution in [0.15, 0.2) is 47.3 Å². The number of rotatable bonds is 1. The highest BCUT2D eigenvalue weighted by Gasteiger charge is 2.15. The number of aromatic nitrogens is 2. The summed E-state index contributed by atoms with van der Waals surface area (Å²) in [6.07, 6.45) is 0. The summed E-state index contributed by atoms with van der Waals surface area (Å²) in [7, 11) is 0. The average molecular weight is 254 g/mol. The smallest absolute Gasteiger partial charge is 0.331 e. The van der Waals surface area contributed by atoms with Gasteiger partial charge in [-0.25, -0.2) is 4.79 Å². The molecule has 1 aliphatic heterocycles. The molecule has 5 nitrogen and oxygen atoms in total. The van der Waals surface area contributed by atoms with Gasteiger partial charge in [-0.15, -0.1) is 0 Å². The Morgan fingerprint density at radius 3 is 2.84 bits per heavy atom. The topological polar surface area (TPSA) is 56.2 Å². The minimum Gasteiger partial charge on any atom is -0.454 e. The molecule has 0 unspecified atom stereocenters. The third-order valence-corrected chi connectivity index (χ3v) is 3.20. The molecule has 4 rings (SSSR count). The van der Waals surface area contributed by atoms with Gasteiger partial charge in [-0.3, -0.25) is 4.57 Å². The van der Waals surface area contributed by atoms with E-state index >= 15 is 0 Å². The standard InChI is InChI=1S/C14H10N2O3/c17-14-15-10-3-1-2-4-11(10)16(14)9-5-6-12-13(7-9)19-8-18-12/h1-7H,8H2,(H,15,17). The van der Waals surface area contributed by atoms with Crippen LogP contribution in [0.1, 0.15) is 0 Å². The van der Waals surface area contributed by atoms with E-state index in [2.05, 4.69) is 4.98 Å². The number of nitrogens with one attached hydrogen (secondary N) is 1. The molecule has 0 saturated heterocycles. The summed E-state index contributed by atoms with van der Waals surface area (Å²) in [4.78, 5) is 14.9. The van der Waals surface area contributed by atoms with Crippen molar-refractivity contribution in [2.24, 2.45) is 0 Å². The summed E-state index contributed by atoms with van der Waals surface area (Å²) in [6, 6.07) is 13.0.